The zero-order valence-corrected chi connectivity index (χ0v) is 12.0. The maximum Gasteiger partial charge on any atom is 0.280 e. The van der Waals surface area contributed by atoms with E-state index in [0.717, 1.165) is 12.8 Å². The van der Waals surface area contributed by atoms with Crippen LogP contribution in [0.5, 0.6) is 0 Å². The van der Waals surface area contributed by atoms with Crippen LogP contribution in [0.25, 0.3) is 0 Å². The van der Waals surface area contributed by atoms with Crippen LogP contribution < -0.4 is 4.72 Å². The highest BCUT2D eigenvalue weighted by atomic mass is 32.2. The summed E-state index contributed by atoms with van der Waals surface area (Å²) in [6, 6.07) is 0. The summed E-state index contributed by atoms with van der Waals surface area (Å²) in [6.07, 6.45) is 1.51. The average molecular weight is 278 g/mol. The van der Waals surface area contributed by atoms with Gasteiger partial charge in [-0.05, 0) is 27.2 Å². The lowest BCUT2D eigenvalue weighted by Crippen LogP contribution is -2.56. The van der Waals surface area contributed by atoms with Crippen LogP contribution in [0, 0.1) is 0 Å². The van der Waals surface area contributed by atoms with Gasteiger partial charge in [-0.3, -0.25) is 0 Å². The van der Waals surface area contributed by atoms with Crippen molar-refractivity contribution < 1.29 is 17.9 Å². The summed E-state index contributed by atoms with van der Waals surface area (Å²) in [5.74, 6) is -0.717. The lowest BCUT2D eigenvalue weighted by molar-refractivity contribution is -0.179. The van der Waals surface area contributed by atoms with Crippen molar-refractivity contribution in [1.29, 1.82) is 0 Å². The SMILES string of the molecule is CC(C)(C)NS(=O)(=O)N1CCCC2(C1)OCCO2. The molecule has 2 saturated heterocycles. The summed E-state index contributed by atoms with van der Waals surface area (Å²) >= 11 is 0. The zero-order valence-electron chi connectivity index (χ0n) is 11.2. The van der Waals surface area contributed by atoms with Crippen LogP contribution in [0.4, 0.5) is 0 Å². The highest BCUT2D eigenvalue weighted by Gasteiger charge is 2.44. The number of ether oxygens (including phenoxy) is 2. The van der Waals surface area contributed by atoms with Crippen LogP contribution in [0.2, 0.25) is 0 Å². The van der Waals surface area contributed by atoms with Crippen LogP contribution >= 0.6 is 0 Å². The van der Waals surface area contributed by atoms with Gasteiger partial charge in [0.05, 0.1) is 19.8 Å². The Bertz CT molecular complexity index is 396. The van der Waals surface area contributed by atoms with E-state index in [4.69, 9.17) is 9.47 Å². The monoisotopic (exact) mass is 278 g/mol. The first-order valence-electron chi connectivity index (χ1n) is 6.30. The van der Waals surface area contributed by atoms with Gasteiger partial charge in [-0.2, -0.15) is 17.4 Å². The molecule has 106 valence electrons. The minimum Gasteiger partial charge on any atom is -0.346 e. The summed E-state index contributed by atoms with van der Waals surface area (Å²) in [4.78, 5) is 0. The largest absolute Gasteiger partial charge is 0.346 e. The molecule has 0 unspecified atom stereocenters. The highest BCUT2D eigenvalue weighted by Crippen LogP contribution is 2.31. The van der Waals surface area contributed by atoms with Gasteiger partial charge in [0, 0.05) is 18.5 Å². The maximum absolute atomic E-state index is 12.2. The molecule has 7 heteroatoms. The van der Waals surface area contributed by atoms with Crippen molar-refractivity contribution in [2.24, 2.45) is 0 Å². The fraction of sp³-hybridized carbons (Fsp3) is 1.00. The van der Waals surface area contributed by atoms with E-state index in [2.05, 4.69) is 4.72 Å². The minimum absolute atomic E-state index is 0.276. The molecule has 2 fully saturated rings. The molecular weight excluding hydrogens is 256 g/mol. The molecular formula is C11H22N2O4S. The molecule has 0 saturated carbocycles. The highest BCUT2D eigenvalue weighted by molar-refractivity contribution is 7.87. The first-order chi connectivity index (χ1) is 8.23. The molecule has 0 aromatic carbocycles. The van der Waals surface area contributed by atoms with Crippen molar-refractivity contribution in [3.8, 4) is 0 Å². The number of hydrogen-bond acceptors (Lipinski definition) is 4. The van der Waals surface area contributed by atoms with Crippen LogP contribution in [-0.2, 0) is 19.7 Å². The number of nitrogens with zero attached hydrogens (tertiary/aromatic N) is 1. The van der Waals surface area contributed by atoms with E-state index in [1.54, 1.807) is 0 Å². The summed E-state index contributed by atoms with van der Waals surface area (Å²) in [5, 5.41) is 0. The van der Waals surface area contributed by atoms with Crippen molar-refractivity contribution in [1.82, 2.24) is 9.03 Å². The second kappa shape index (κ2) is 4.72. The molecule has 0 radical (unpaired) electrons. The molecule has 1 spiro atoms. The van der Waals surface area contributed by atoms with Gasteiger partial charge < -0.3 is 9.47 Å². The van der Waals surface area contributed by atoms with E-state index in [1.807, 2.05) is 20.8 Å². The molecule has 2 heterocycles. The zero-order chi connectivity index (χ0) is 13.4. The van der Waals surface area contributed by atoms with Gasteiger partial charge >= 0.3 is 0 Å². The number of hydrogen-bond donors (Lipinski definition) is 1. The Morgan fingerprint density at radius 2 is 1.83 bits per heavy atom. The van der Waals surface area contributed by atoms with E-state index in [-0.39, 0.29) is 6.54 Å². The molecule has 2 aliphatic heterocycles. The van der Waals surface area contributed by atoms with Gasteiger partial charge in [0.15, 0.2) is 5.79 Å². The smallest absolute Gasteiger partial charge is 0.280 e. The van der Waals surface area contributed by atoms with Crippen molar-refractivity contribution in [3.63, 3.8) is 0 Å². The van der Waals surface area contributed by atoms with E-state index in [9.17, 15) is 8.42 Å². The van der Waals surface area contributed by atoms with Crippen molar-refractivity contribution in [3.05, 3.63) is 0 Å². The van der Waals surface area contributed by atoms with E-state index in [0.29, 0.717) is 19.8 Å². The van der Waals surface area contributed by atoms with Gasteiger partial charge in [0.1, 0.15) is 0 Å². The van der Waals surface area contributed by atoms with Crippen molar-refractivity contribution >= 4 is 10.2 Å². The summed E-state index contributed by atoms with van der Waals surface area (Å²) in [5.41, 5.74) is -0.485. The minimum atomic E-state index is -3.48. The predicted octanol–water partition coefficient (Wildman–Crippen LogP) is 0.458. The first-order valence-corrected chi connectivity index (χ1v) is 7.74. The van der Waals surface area contributed by atoms with E-state index in [1.165, 1.54) is 4.31 Å². The normalized spacial score (nSPS) is 25.7. The van der Waals surface area contributed by atoms with Crippen LogP contribution in [-0.4, -0.2) is 50.4 Å². The molecule has 0 aromatic heterocycles. The molecule has 18 heavy (non-hydrogen) atoms. The second-order valence-electron chi connectivity index (χ2n) is 5.90. The topological polar surface area (TPSA) is 67.9 Å². The van der Waals surface area contributed by atoms with Crippen molar-refractivity contribution in [2.45, 2.75) is 44.9 Å². The van der Waals surface area contributed by atoms with Gasteiger partial charge in [-0.25, -0.2) is 0 Å². The maximum atomic E-state index is 12.2. The van der Waals surface area contributed by atoms with E-state index >= 15 is 0 Å². The lowest BCUT2D eigenvalue weighted by Gasteiger charge is -2.38. The summed E-state index contributed by atoms with van der Waals surface area (Å²) in [6.45, 7) is 7.35. The standard InChI is InChI=1S/C11H22N2O4S/c1-10(2,3)12-18(14,15)13-6-4-5-11(9-13)16-7-8-17-11/h12H,4-9H2,1-3H3. The molecule has 0 atom stereocenters. The van der Waals surface area contributed by atoms with Gasteiger partial charge in [0.25, 0.3) is 10.2 Å². The molecule has 0 bridgehead atoms. The molecule has 0 amide bonds. The molecule has 0 aromatic rings. The van der Waals surface area contributed by atoms with Gasteiger partial charge in [-0.15, -0.1) is 0 Å². The van der Waals surface area contributed by atoms with Crippen molar-refractivity contribution in [2.75, 3.05) is 26.3 Å². The van der Waals surface area contributed by atoms with E-state index < -0.39 is 21.5 Å². The van der Waals surface area contributed by atoms with Crippen LogP contribution in [0.1, 0.15) is 33.6 Å². The second-order valence-corrected chi connectivity index (χ2v) is 7.57. The Kier molecular flexibility index (Phi) is 3.72. The third-order valence-electron chi connectivity index (χ3n) is 2.97. The third kappa shape index (κ3) is 3.21. The average Bonchev–Trinajstić information content (AvgIpc) is 2.63. The Morgan fingerprint density at radius 3 is 2.39 bits per heavy atom. The summed E-state index contributed by atoms with van der Waals surface area (Å²) < 4.78 is 39.7. The Hall–Kier alpha value is -0.210. The Labute approximate surface area is 109 Å². The molecule has 1 N–H and O–H groups in total. The molecule has 0 aliphatic carbocycles. The Balaban J connectivity index is 2.09. The number of piperidine rings is 1. The van der Waals surface area contributed by atoms with Gasteiger partial charge in [-0.1, -0.05) is 0 Å². The number of nitrogens with one attached hydrogen (secondary N) is 1. The third-order valence-corrected chi connectivity index (χ3v) is 4.83. The fourth-order valence-corrected chi connectivity index (χ4v) is 3.98. The number of rotatable bonds is 2. The van der Waals surface area contributed by atoms with Crippen LogP contribution in [0.3, 0.4) is 0 Å². The Morgan fingerprint density at radius 1 is 1.22 bits per heavy atom. The molecule has 6 nitrogen and oxygen atoms in total. The van der Waals surface area contributed by atoms with Crippen LogP contribution in [0.15, 0.2) is 0 Å². The quantitative estimate of drug-likeness (QED) is 0.797. The summed E-state index contributed by atoms with van der Waals surface area (Å²) in [7, 11) is -3.48. The molecule has 2 rings (SSSR count). The molecule has 2 aliphatic rings. The predicted molar refractivity (Wildman–Crippen MR) is 67.3 cm³/mol. The lowest BCUT2D eigenvalue weighted by atomic mass is 10.1. The first kappa shape index (κ1) is 14.2. The fourth-order valence-electron chi connectivity index (χ4n) is 2.34. The van der Waals surface area contributed by atoms with Gasteiger partial charge in [0.2, 0.25) is 0 Å².